The van der Waals surface area contributed by atoms with Crippen LogP contribution in [0.2, 0.25) is 0 Å². The third-order valence-corrected chi connectivity index (χ3v) is 2.90. The number of aliphatic hydroxyl groups excluding tert-OH is 1. The van der Waals surface area contributed by atoms with Crippen LogP contribution in [0.4, 0.5) is 13.2 Å². The fraction of sp³-hybridized carbons (Fsp3) is 0.400. The molecule has 0 saturated heterocycles. The van der Waals surface area contributed by atoms with Crippen molar-refractivity contribution in [3.05, 3.63) is 28.2 Å². The van der Waals surface area contributed by atoms with E-state index in [1.165, 1.54) is 6.07 Å². The van der Waals surface area contributed by atoms with Crippen molar-refractivity contribution in [2.45, 2.75) is 24.8 Å². The van der Waals surface area contributed by atoms with E-state index in [0.717, 1.165) is 0 Å². The molecule has 2 rings (SSSR count). The van der Waals surface area contributed by atoms with E-state index in [0.29, 0.717) is 10.0 Å². The predicted molar refractivity (Wildman–Crippen MR) is 54.2 cm³/mol. The second kappa shape index (κ2) is 3.92. The molecule has 1 aliphatic rings. The van der Waals surface area contributed by atoms with Crippen molar-refractivity contribution in [2.24, 2.45) is 0 Å². The zero-order valence-electron chi connectivity index (χ0n) is 7.96. The van der Waals surface area contributed by atoms with Gasteiger partial charge in [0.15, 0.2) is 6.10 Å². The number of benzene rings is 1. The molecule has 0 saturated carbocycles. The summed E-state index contributed by atoms with van der Waals surface area (Å²) in [4.78, 5) is 0. The molecule has 2 atom stereocenters. The van der Waals surface area contributed by atoms with Gasteiger partial charge >= 0.3 is 6.18 Å². The highest BCUT2D eigenvalue weighted by molar-refractivity contribution is 9.10. The number of rotatable bonds is 0. The SMILES string of the molecule is OC1CC(C(F)(F)F)Oc2ccc(Br)cc21. The molecule has 88 valence electrons. The molecule has 2 nitrogen and oxygen atoms in total. The number of halogens is 4. The van der Waals surface area contributed by atoms with Crippen LogP contribution in [0.1, 0.15) is 18.1 Å². The normalized spacial score (nSPS) is 24.8. The Morgan fingerprint density at radius 2 is 2.06 bits per heavy atom. The fourth-order valence-electron chi connectivity index (χ4n) is 1.62. The van der Waals surface area contributed by atoms with Gasteiger partial charge in [-0.1, -0.05) is 15.9 Å². The number of ether oxygens (including phenoxy) is 1. The molecule has 2 unspecified atom stereocenters. The Morgan fingerprint density at radius 1 is 1.38 bits per heavy atom. The largest absolute Gasteiger partial charge is 0.480 e. The predicted octanol–water partition coefficient (Wildman–Crippen LogP) is 3.20. The van der Waals surface area contributed by atoms with Gasteiger partial charge in [-0.15, -0.1) is 0 Å². The highest BCUT2D eigenvalue weighted by Gasteiger charge is 2.45. The summed E-state index contributed by atoms with van der Waals surface area (Å²) in [5, 5.41) is 9.62. The van der Waals surface area contributed by atoms with E-state index in [2.05, 4.69) is 15.9 Å². The van der Waals surface area contributed by atoms with E-state index in [1.807, 2.05) is 0 Å². The molecule has 16 heavy (non-hydrogen) atoms. The van der Waals surface area contributed by atoms with E-state index in [1.54, 1.807) is 12.1 Å². The minimum Gasteiger partial charge on any atom is -0.480 e. The maximum Gasteiger partial charge on any atom is 0.425 e. The third-order valence-electron chi connectivity index (χ3n) is 2.40. The average Bonchev–Trinajstić information content (AvgIpc) is 2.17. The van der Waals surface area contributed by atoms with E-state index in [9.17, 15) is 18.3 Å². The minimum absolute atomic E-state index is 0.0873. The second-order valence-electron chi connectivity index (χ2n) is 3.58. The van der Waals surface area contributed by atoms with Gasteiger partial charge in [-0.05, 0) is 18.2 Å². The zero-order chi connectivity index (χ0) is 11.9. The highest BCUT2D eigenvalue weighted by Crippen LogP contribution is 2.40. The van der Waals surface area contributed by atoms with Crippen LogP contribution in [0.5, 0.6) is 5.75 Å². The molecule has 1 aromatic carbocycles. The molecule has 0 amide bonds. The molecule has 1 N–H and O–H groups in total. The molecule has 0 fully saturated rings. The molecule has 0 aromatic heterocycles. The summed E-state index contributed by atoms with van der Waals surface area (Å²) in [7, 11) is 0. The molecular formula is C10H8BrF3O2. The van der Waals surface area contributed by atoms with Crippen LogP contribution in [0.15, 0.2) is 22.7 Å². The van der Waals surface area contributed by atoms with Crippen LogP contribution in [0.25, 0.3) is 0 Å². The maximum atomic E-state index is 12.4. The lowest BCUT2D eigenvalue weighted by atomic mass is 9.99. The fourth-order valence-corrected chi connectivity index (χ4v) is 2.00. The van der Waals surface area contributed by atoms with Gasteiger partial charge in [-0.3, -0.25) is 0 Å². The third kappa shape index (κ3) is 2.17. The van der Waals surface area contributed by atoms with Gasteiger partial charge in [0.25, 0.3) is 0 Å². The monoisotopic (exact) mass is 296 g/mol. The molecule has 0 radical (unpaired) electrons. The molecule has 1 aliphatic heterocycles. The van der Waals surface area contributed by atoms with Crippen molar-refractivity contribution in [2.75, 3.05) is 0 Å². The Morgan fingerprint density at radius 3 is 2.69 bits per heavy atom. The Balaban J connectivity index is 2.34. The molecule has 1 heterocycles. The van der Waals surface area contributed by atoms with Crippen molar-refractivity contribution >= 4 is 15.9 Å². The molecular weight excluding hydrogens is 289 g/mol. The Bertz CT molecular complexity index is 406. The van der Waals surface area contributed by atoms with Crippen molar-refractivity contribution in [1.82, 2.24) is 0 Å². The van der Waals surface area contributed by atoms with Crippen LogP contribution in [0, 0.1) is 0 Å². The van der Waals surface area contributed by atoms with Crippen LogP contribution in [-0.4, -0.2) is 17.4 Å². The Kier molecular flexibility index (Phi) is 2.88. The molecule has 0 bridgehead atoms. The smallest absolute Gasteiger partial charge is 0.425 e. The lowest BCUT2D eigenvalue weighted by Crippen LogP contribution is -2.38. The van der Waals surface area contributed by atoms with Crippen LogP contribution < -0.4 is 4.74 Å². The standard InChI is InChI=1S/C10H8BrF3O2/c11-5-1-2-8-6(3-5)7(15)4-9(16-8)10(12,13)14/h1-3,7,9,15H,4H2. The molecule has 0 aliphatic carbocycles. The molecule has 0 spiro atoms. The summed E-state index contributed by atoms with van der Waals surface area (Å²) in [5.74, 6) is 0.0873. The van der Waals surface area contributed by atoms with Crippen LogP contribution in [-0.2, 0) is 0 Å². The van der Waals surface area contributed by atoms with E-state index >= 15 is 0 Å². The summed E-state index contributed by atoms with van der Waals surface area (Å²) < 4.78 is 42.8. The lowest BCUT2D eigenvalue weighted by Gasteiger charge is -2.30. The average molecular weight is 297 g/mol. The van der Waals surface area contributed by atoms with Crippen LogP contribution >= 0.6 is 15.9 Å². The Labute approximate surface area is 98.2 Å². The number of hydrogen-bond acceptors (Lipinski definition) is 2. The molecule has 1 aromatic rings. The quantitative estimate of drug-likeness (QED) is 0.797. The van der Waals surface area contributed by atoms with Gasteiger partial charge in [-0.2, -0.15) is 13.2 Å². The lowest BCUT2D eigenvalue weighted by molar-refractivity contribution is -0.207. The van der Waals surface area contributed by atoms with E-state index in [4.69, 9.17) is 4.74 Å². The second-order valence-corrected chi connectivity index (χ2v) is 4.50. The number of hydrogen-bond donors (Lipinski definition) is 1. The van der Waals surface area contributed by atoms with Gasteiger partial charge in [0.1, 0.15) is 5.75 Å². The first-order chi connectivity index (χ1) is 7.38. The van der Waals surface area contributed by atoms with Gasteiger partial charge in [0.05, 0.1) is 6.10 Å². The van der Waals surface area contributed by atoms with Crippen molar-refractivity contribution in [1.29, 1.82) is 0 Å². The van der Waals surface area contributed by atoms with E-state index < -0.39 is 24.8 Å². The van der Waals surface area contributed by atoms with Crippen LogP contribution in [0.3, 0.4) is 0 Å². The number of alkyl halides is 3. The van der Waals surface area contributed by atoms with Gasteiger partial charge < -0.3 is 9.84 Å². The number of fused-ring (bicyclic) bond motifs is 1. The maximum absolute atomic E-state index is 12.4. The van der Waals surface area contributed by atoms with Crippen molar-refractivity contribution in [3.8, 4) is 5.75 Å². The first-order valence-corrected chi connectivity index (χ1v) is 5.38. The summed E-state index contributed by atoms with van der Waals surface area (Å²) in [6.45, 7) is 0. The Hall–Kier alpha value is -0.750. The number of aliphatic hydroxyl groups is 1. The first kappa shape index (κ1) is 11.7. The van der Waals surface area contributed by atoms with E-state index in [-0.39, 0.29) is 5.75 Å². The molecule has 6 heteroatoms. The summed E-state index contributed by atoms with van der Waals surface area (Å²) >= 11 is 3.18. The van der Waals surface area contributed by atoms with Crippen molar-refractivity contribution in [3.63, 3.8) is 0 Å². The zero-order valence-corrected chi connectivity index (χ0v) is 9.55. The van der Waals surface area contributed by atoms with Gasteiger partial charge in [0, 0.05) is 16.5 Å². The first-order valence-electron chi connectivity index (χ1n) is 4.59. The highest BCUT2D eigenvalue weighted by atomic mass is 79.9. The van der Waals surface area contributed by atoms with Gasteiger partial charge in [-0.25, -0.2) is 0 Å². The van der Waals surface area contributed by atoms with Crippen molar-refractivity contribution < 1.29 is 23.0 Å². The summed E-state index contributed by atoms with van der Waals surface area (Å²) in [5.41, 5.74) is 0.384. The minimum atomic E-state index is -4.45. The summed E-state index contributed by atoms with van der Waals surface area (Å²) in [6, 6.07) is 4.55. The summed E-state index contributed by atoms with van der Waals surface area (Å²) in [6.07, 6.45) is -8.00. The topological polar surface area (TPSA) is 29.5 Å². The van der Waals surface area contributed by atoms with Gasteiger partial charge in [0.2, 0.25) is 0 Å².